The molecule has 2 N–H and O–H groups in total. The Bertz CT molecular complexity index is 338. The van der Waals surface area contributed by atoms with E-state index >= 15 is 0 Å². The van der Waals surface area contributed by atoms with Crippen LogP contribution in [0.25, 0.3) is 0 Å². The minimum atomic E-state index is 0. The molecule has 1 aromatic rings. The minimum absolute atomic E-state index is 0. The molecule has 1 rings (SSSR count). The first-order valence-electron chi connectivity index (χ1n) is 6.42. The Labute approximate surface area is 132 Å². The van der Waals surface area contributed by atoms with E-state index in [2.05, 4.69) is 18.8 Å². The fourth-order valence-electron chi connectivity index (χ4n) is 1.58. The van der Waals surface area contributed by atoms with Crippen LogP contribution in [-0.2, 0) is 11.3 Å². The summed E-state index contributed by atoms with van der Waals surface area (Å²) in [5, 5.41) is 0. The summed E-state index contributed by atoms with van der Waals surface area (Å²) in [6, 6.07) is 3.75. The van der Waals surface area contributed by atoms with E-state index in [4.69, 9.17) is 14.9 Å². The molecule has 1 heterocycles. The van der Waals surface area contributed by atoms with Crippen LogP contribution < -0.4 is 5.73 Å². The molecule has 6 heteroatoms. The fraction of sp³-hybridized carbons (Fsp3) is 0.615. The lowest BCUT2D eigenvalue weighted by atomic mass is 10.4. The van der Waals surface area contributed by atoms with Crippen molar-refractivity contribution < 1.29 is 9.15 Å². The second kappa shape index (κ2) is 11.1. The fourth-order valence-corrected chi connectivity index (χ4v) is 1.58. The van der Waals surface area contributed by atoms with E-state index in [1.54, 1.807) is 6.26 Å². The summed E-state index contributed by atoms with van der Waals surface area (Å²) in [7, 11) is 0. The van der Waals surface area contributed by atoms with E-state index < -0.39 is 0 Å². The van der Waals surface area contributed by atoms with E-state index in [-0.39, 0.29) is 24.0 Å². The molecule has 0 saturated carbocycles. The van der Waals surface area contributed by atoms with E-state index in [0.717, 1.165) is 25.3 Å². The molecule has 0 unspecified atom stereocenters. The molecule has 0 bridgehead atoms. The van der Waals surface area contributed by atoms with Gasteiger partial charge in [-0.25, -0.2) is 0 Å². The van der Waals surface area contributed by atoms with Crippen LogP contribution in [-0.4, -0.2) is 37.1 Å². The van der Waals surface area contributed by atoms with Crippen LogP contribution in [0.15, 0.2) is 27.8 Å². The first-order valence-corrected chi connectivity index (χ1v) is 6.42. The van der Waals surface area contributed by atoms with Crippen LogP contribution in [0.2, 0.25) is 0 Å². The molecule has 19 heavy (non-hydrogen) atoms. The van der Waals surface area contributed by atoms with Gasteiger partial charge in [0.2, 0.25) is 0 Å². The maximum absolute atomic E-state index is 5.85. The SMILES string of the molecule is CCN(CC)C(N)=NCCCOCc1ccco1.I. The highest BCUT2D eigenvalue weighted by Gasteiger charge is 2.01. The number of ether oxygens (including phenoxy) is 1. The highest BCUT2D eigenvalue weighted by atomic mass is 127. The average molecular weight is 381 g/mol. The van der Waals surface area contributed by atoms with Crippen molar-refractivity contribution in [2.75, 3.05) is 26.2 Å². The predicted octanol–water partition coefficient (Wildman–Crippen LogP) is 2.46. The molecule has 0 aromatic carbocycles. The average Bonchev–Trinajstić information content (AvgIpc) is 2.88. The van der Waals surface area contributed by atoms with Gasteiger partial charge in [0.05, 0.1) is 6.26 Å². The van der Waals surface area contributed by atoms with Gasteiger partial charge in [-0.15, -0.1) is 24.0 Å². The van der Waals surface area contributed by atoms with Crippen molar-refractivity contribution in [2.45, 2.75) is 26.9 Å². The smallest absolute Gasteiger partial charge is 0.191 e. The van der Waals surface area contributed by atoms with Crippen molar-refractivity contribution in [2.24, 2.45) is 10.7 Å². The van der Waals surface area contributed by atoms with Crippen LogP contribution >= 0.6 is 24.0 Å². The number of guanidine groups is 1. The van der Waals surface area contributed by atoms with Crippen molar-refractivity contribution in [3.63, 3.8) is 0 Å². The Morgan fingerprint density at radius 2 is 2.16 bits per heavy atom. The van der Waals surface area contributed by atoms with E-state index in [9.17, 15) is 0 Å². The van der Waals surface area contributed by atoms with Gasteiger partial charge in [-0.1, -0.05) is 0 Å². The second-order valence-electron chi connectivity index (χ2n) is 3.90. The maximum atomic E-state index is 5.85. The Morgan fingerprint density at radius 1 is 1.42 bits per heavy atom. The van der Waals surface area contributed by atoms with E-state index in [1.807, 2.05) is 17.0 Å². The first kappa shape index (κ1) is 18.2. The van der Waals surface area contributed by atoms with E-state index in [0.29, 0.717) is 25.7 Å². The topological polar surface area (TPSA) is 64.0 Å². The summed E-state index contributed by atoms with van der Waals surface area (Å²) >= 11 is 0. The molecule has 110 valence electrons. The number of rotatable bonds is 8. The normalized spacial score (nSPS) is 11.2. The first-order chi connectivity index (χ1) is 8.77. The van der Waals surface area contributed by atoms with Gasteiger partial charge in [0.25, 0.3) is 0 Å². The molecule has 0 aliphatic heterocycles. The molecule has 0 fully saturated rings. The Morgan fingerprint density at radius 3 is 2.74 bits per heavy atom. The summed E-state index contributed by atoms with van der Waals surface area (Å²) in [4.78, 5) is 6.35. The number of nitrogens with zero attached hydrogens (tertiary/aromatic N) is 2. The highest BCUT2D eigenvalue weighted by molar-refractivity contribution is 14.0. The van der Waals surface area contributed by atoms with Gasteiger partial charge in [0.1, 0.15) is 12.4 Å². The molecule has 5 nitrogen and oxygen atoms in total. The minimum Gasteiger partial charge on any atom is -0.467 e. The van der Waals surface area contributed by atoms with Gasteiger partial charge < -0.3 is 19.8 Å². The lowest BCUT2D eigenvalue weighted by Gasteiger charge is -2.19. The van der Waals surface area contributed by atoms with Gasteiger partial charge in [0.15, 0.2) is 5.96 Å². The largest absolute Gasteiger partial charge is 0.467 e. The monoisotopic (exact) mass is 381 g/mol. The number of furan rings is 1. The number of aliphatic imine (C=N–C) groups is 1. The molecule has 0 saturated heterocycles. The summed E-state index contributed by atoms with van der Waals surface area (Å²) in [5.74, 6) is 1.46. The number of nitrogens with two attached hydrogens (primary N) is 1. The molecular weight excluding hydrogens is 357 g/mol. The van der Waals surface area contributed by atoms with Gasteiger partial charge in [0, 0.05) is 26.2 Å². The summed E-state index contributed by atoms with van der Waals surface area (Å²) in [6.45, 7) is 7.79. The zero-order chi connectivity index (χ0) is 13.2. The second-order valence-corrected chi connectivity index (χ2v) is 3.90. The lowest BCUT2D eigenvalue weighted by Crippen LogP contribution is -2.37. The quantitative estimate of drug-likeness (QED) is 0.325. The van der Waals surface area contributed by atoms with E-state index in [1.165, 1.54) is 0 Å². The molecule has 0 amide bonds. The molecule has 0 aliphatic carbocycles. The van der Waals surface area contributed by atoms with Gasteiger partial charge in [-0.05, 0) is 32.4 Å². The lowest BCUT2D eigenvalue weighted by molar-refractivity contribution is 0.105. The highest BCUT2D eigenvalue weighted by Crippen LogP contribution is 2.01. The zero-order valence-electron chi connectivity index (χ0n) is 11.7. The van der Waals surface area contributed by atoms with Gasteiger partial charge in [-0.3, -0.25) is 4.99 Å². The maximum Gasteiger partial charge on any atom is 0.191 e. The van der Waals surface area contributed by atoms with Crippen LogP contribution in [0.1, 0.15) is 26.0 Å². The van der Waals surface area contributed by atoms with Crippen molar-refractivity contribution in [3.05, 3.63) is 24.2 Å². The zero-order valence-corrected chi connectivity index (χ0v) is 14.0. The third-order valence-corrected chi connectivity index (χ3v) is 2.63. The Balaban J connectivity index is 0.00000324. The van der Waals surface area contributed by atoms with Crippen molar-refractivity contribution in [1.82, 2.24) is 4.90 Å². The van der Waals surface area contributed by atoms with Crippen LogP contribution in [0.4, 0.5) is 0 Å². The summed E-state index contributed by atoms with van der Waals surface area (Å²) in [6.07, 6.45) is 2.51. The van der Waals surface area contributed by atoms with Crippen LogP contribution in [0, 0.1) is 0 Å². The standard InChI is InChI=1S/C13H23N3O2.HI/c1-3-16(4-2)13(14)15-8-6-9-17-11-12-7-5-10-18-12;/h5,7,10H,3-4,6,8-9,11H2,1-2H3,(H2,14,15);1H. The third-order valence-electron chi connectivity index (χ3n) is 2.63. The summed E-state index contributed by atoms with van der Waals surface area (Å²) in [5.41, 5.74) is 5.85. The van der Waals surface area contributed by atoms with Gasteiger partial charge in [-0.2, -0.15) is 0 Å². The molecule has 0 radical (unpaired) electrons. The summed E-state index contributed by atoms with van der Waals surface area (Å²) < 4.78 is 10.6. The number of hydrogen-bond acceptors (Lipinski definition) is 3. The van der Waals surface area contributed by atoms with Crippen LogP contribution in [0.3, 0.4) is 0 Å². The third kappa shape index (κ3) is 7.41. The number of halogens is 1. The van der Waals surface area contributed by atoms with Crippen molar-refractivity contribution in [3.8, 4) is 0 Å². The number of hydrogen-bond donors (Lipinski definition) is 1. The van der Waals surface area contributed by atoms with Crippen LogP contribution in [0.5, 0.6) is 0 Å². The predicted molar refractivity (Wildman–Crippen MR) is 87.8 cm³/mol. The molecular formula is C13H24IN3O2. The van der Waals surface area contributed by atoms with Crippen molar-refractivity contribution in [1.29, 1.82) is 0 Å². The van der Waals surface area contributed by atoms with Gasteiger partial charge >= 0.3 is 0 Å². The molecule has 0 aliphatic rings. The molecule has 0 spiro atoms. The Kier molecular flexibility index (Phi) is 10.7. The van der Waals surface area contributed by atoms with Crippen molar-refractivity contribution >= 4 is 29.9 Å². The molecule has 0 atom stereocenters. The Hall–Kier alpha value is -0.760. The molecule has 1 aromatic heterocycles.